The number of hydrogen-bond acceptors (Lipinski definition) is 3. The molecule has 0 spiro atoms. The molecule has 3 heteroatoms. The van der Waals surface area contributed by atoms with Crippen molar-refractivity contribution in [3.05, 3.63) is 71.3 Å². The molecule has 108 valence electrons. The van der Waals surface area contributed by atoms with E-state index in [0.717, 1.165) is 11.1 Å². The second-order valence-corrected chi connectivity index (χ2v) is 5.25. The van der Waals surface area contributed by atoms with E-state index in [-0.39, 0.29) is 12.2 Å². The standard InChI is InChI=1S/C19H16N2O/c1-14-7-9-16(10-8-14)19(22)11-18(17(12-20)13-21)15-5-3-2-4-6-15/h2-10,17-18H,11H2,1H3/t18-/m0/s1. The van der Waals surface area contributed by atoms with Crippen molar-refractivity contribution in [3.63, 3.8) is 0 Å². The number of nitriles is 2. The molecule has 22 heavy (non-hydrogen) atoms. The minimum absolute atomic E-state index is 0.0515. The van der Waals surface area contributed by atoms with E-state index in [0.29, 0.717) is 5.56 Å². The molecule has 0 saturated heterocycles. The van der Waals surface area contributed by atoms with Gasteiger partial charge in [0.25, 0.3) is 0 Å². The smallest absolute Gasteiger partial charge is 0.163 e. The van der Waals surface area contributed by atoms with Crippen molar-refractivity contribution in [1.29, 1.82) is 10.5 Å². The van der Waals surface area contributed by atoms with E-state index in [1.165, 1.54) is 0 Å². The van der Waals surface area contributed by atoms with E-state index in [9.17, 15) is 15.3 Å². The summed E-state index contributed by atoms with van der Waals surface area (Å²) in [5, 5.41) is 18.4. The first-order valence-electron chi connectivity index (χ1n) is 7.09. The maximum atomic E-state index is 12.5. The van der Waals surface area contributed by atoms with E-state index < -0.39 is 11.8 Å². The second-order valence-electron chi connectivity index (χ2n) is 5.25. The summed E-state index contributed by atoms with van der Waals surface area (Å²) in [6, 6.07) is 20.6. The minimum Gasteiger partial charge on any atom is -0.294 e. The van der Waals surface area contributed by atoms with Crippen molar-refractivity contribution in [1.82, 2.24) is 0 Å². The molecule has 0 amide bonds. The number of aryl methyl sites for hydroxylation is 1. The Balaban J connectivity index is 2.27. The van der Waals surface area contributed by atoms with Gasteiger partial charge in [0, 0.05) is 17.9 Å². The Morgan fingerprint density at radius 2 is 1.59 bits per heavy atom. The lowest BCUT2D eigenvalue weighted by molar-refractivity contribution is 0.0971. The van der Waals surface area contributed by atoms with Gasteiger partial charge < -0.3 is 0 Å². The lowest BCUT2D eigenvalue weighted by Gasteiger charge is -2.17. The summed E-state index contributed by atoms with van der Waals surface area (Å²) in [5.41, 5.74) is 2.54. The number of carbonyl (C=O) groups excluding carboxylic acids is 1. The normalized spacial score (nSPS) is 11.5. The molecule has 0 aliphatic carbocycles. The van der Waals surface area contributed by atoms with E-state index in [4.69, 9.17) is 0 Å². The fourth-order valence-corrected chi connectivity index (χ4v) is 2.39. The molecule has 0 aliphatic rings. The van der Waals surface area contributed by atoms with Crippen LogP contribution in [0.15, 0.2) is 54.6 Å². The summed E-state index contributed by atoms with van der Waals surface area (Å²) < 4.78 is 0. The second kappa shape index (κ2) is 7.20. The highest BCUT2D eigenvalue weighted by Crippen LogP contribution is 2.29. The van der Waals surface area contributed by atoms with Crippen LogP contribution in [-0.4, -0.2) is 5.78 Å². The monoisotopic (exact) mass is 288 g/mol. The van der Waals surface area contributed by atoms with Gasteiger partial charge in [0.15, 0.2) is 5.78 Å². The van der Waals surface area contributed by atoms with Crippen LogP contribution >= 0.6 is 0 Å². The Hall–Kier alpha value is -2.91. The average Bonchev–Trinajstić information content (AvgIpc) is 2.56. The fourth-order valence-electron chi connectivity index (χ4n) is 2.39. The molecule has 2 rings (SSSR count). The van der Waals surface area contributed by atoms with E-state index in [2.05, 4.69) is 0 Å². The van der Waals surface area contributed by atoms with Gasteiger partial charge in [-0.05, 0) is 12.5 Å². The molecule has 0 unspecified atom stereocenters. The van der Waals surface area contributed by atoms with Crippen LogP contribution in [0.1, 0.15) is 33.8 Å². The van der Waals surface area contributed by atoms with Crippen molar-refractivity contribution in [2.24, 2.45) is 5.92 Å². The van der Waals surface area contributed by atoms with Gasteiger partial charge in [-0.15, -0.1) is 0 Å². The van der Waals surface area contributed by atoms with Gasteiger partial charge in [0.2, 0.25) is 0 Å². The zero-order valence-corrected chi connectivity index (χ0v) is 12.4. The maximum Gasteiger partial charge on any atom is 0.163 e. The number of benzene rings is 2. The van der Waals surface area contributed by atoms with E-state index in [1.807, 2.05) is 61.5 Å². The molecule has 0 N–H and O–H groups in total. The van der Waals surface area contributed by atoms with Gasteiger partial charge in [-0.2, -0.15) is 10.5 Å². The van der Waals surface area contributed by atoms with Crippen molar-refractivity contribution >= 4 is 5.78 Å². The van der Waals surface area contributed by atoms with Crippen LogP contribution < -0.4 is 0 Å². The first-order valence-corrected chi connectivity index (χ1v) is 7.09. The lowest BCUT2D eigenvalue weighted by atomic mass is 9.83. The highest BCUT2D eigenvalue weighted by molar-refractivity contribution is 5.96. The Kier molecular flexibility index (Phi) is 5.07. The molecular formula is C19H16N2O. The summed E-state index contributed by atoms with van der Waals surface area (Å²) in [5.74, 6) is -1.30. The van der Waals surface area contributed by atoms with Crippen LogP contribution in [0.4, 0.5) is 0 Å². The molecular weight excluding hydrogens is 272 g/mol. The predicted molar refractivity (Wildman–Crippen MR) is 84.0 cm³/mol. The Morgan fingerprint density at radius 1 is 1.00 bits per heavy atom. The fraction of sp³-hybridized carbons (Fsp3) is 0.211. The number of ketones is 1. The van der Waals surface area contributed by atoms with Crippen LogP contribution in [0.25, 0.3) is 0 Å². The molecule has 0 aliphatic heterocycles. The van der Waals surface area contributed by atoms with Gasteiger partial charge in [-0.25, -0.2) is 0 Å². The van der Waals surface area contributed by atoms with Crippen LogP contribution in [0.5, 0.6) is 0 Å². The summed E-state index contributed by atoms with van der Waals surface area (Å²) in [4.78, 5) is 12.5. The minimum atomic E-state index is -0.836. The number of rotatable bonds is 5. The number of hydrogen-bond donors (Lipinski definition) is 0. The number of carbonyl (C=O) groups is 1. The summed E-state index contributed by atoms with van der Waals surface area (Å²) in [7, 11) is 0. The third kappa shape index (κ3) is 3.59. The summed E-state index contributed by atoms with van der Waals surface area (Å²) in [6.45, 7) is 1.96. The molecule has 2 aromatic carbocycles. The van der Waals surface area contributed by atoms with Gasteiger partial charge in [-0.3, -0.25) is 4.79 Å². The van der Waals surface area contributed by atoms with E-state index in [1.54, 1.807) is 12.1 Å². The van der Waals surface area contributed by atoms with Gasteiger partial charge in [0.05, 0.1) is 12.1 Å². The third-order valence-corrected chi connectivity index (χ3v) is 3.69. The van der Waals surface area contributed by atoms with Crippen molar-refractivity contribution in [2.75, 3.05) is 0 Å². The summed E-state index contributed by atoms with van der Waals surface area (Å²) in [6.07, 6.45) is 0.152. The number of Topliss-reactive ketones (excluding diaryl/α,β-unsaturated/α-hetero) is 1. The van der Waals surface area contributed by atoms with Crippen LogP contribution in [0.3, 0.4) is 0 Å². The molecule has 0 saturated carbocycles. The Morgan fingerprint density at radius 3 is 2.14 bits per heavy atom. The van der Waals surface area contributed by atoms with Gasteiger partial charge in [-0.1, -0.05) is 60.2 Å². The number of nitrogens with zero attached hydrogens (tertiary/aromatic N) is 2. The quantitative estimate of drug-likeness (QED) is 0.781. The molecule has 3 nitrogen and oxygen atoms in total. The van der Waals surface area contributed by atoms with Gasteiger partial charge >= 0.3 is 0 Å². The molecule has 0 bridgehead atoms. The highest BCUT2D eigenvalue weighted by atomic mass is 16.1. The van der Waals surface area contributed by atoms with Crippen LogP contribution in [0.2, 0.25) is 0 Å². The SMILES string of the molecule is Cc1ccc(C(=O)C[C@@H](c2ccccc2)C(C#N)C#N)cc1. The molecule has 0 fully saturated rings. The molecule has 2 aromatic rings. The largest absolute Gasteiger partial charge is 0.294 e. The topological polar surface area (TPSA) is 64.7 Å². The molecule has 0 radical (unpaired) electrons. The highest BCUT2D eigenvalue weighted by Gasteiger charge is 2.26. The van der Waals surface area contributed by atoms with Crippen LogP contribution in [-0.2, 0) is 0 Å². The summed E-state index contributed by atoms with van der Waals surface area (Å²) >= 11 is 0. The zero-order chi connectivity index (χ0) is 15.9. The average molecular weight is 288 g/mol. The Labute approximate surface area is 130 Å². The van der Waals surface area contributed by atoms with Crippen molar-refractivity contribution in [2.45, 2.75) is 19.3 Å². The third-order valence-electron chi connectivity index (χ3n) is 3.69. The maximum absolute atomic E-state index is 12.5. The van der Waals surface area contributed by atoms with E-state index >= 15 is 0 Å². The Bertz CT molecular complexity index is 707. The van der Waals surface area contributed by atoms with Crippen molar-refractivity contribution in [3.8, 4) is 12.1 Å². The first kappa shape index (κ1) is 15.5. The molecule has 0 heterocycles. The molecule has 1 atom stereocenters. The van der Waals surface area contributed by atoms with Crippen LogP contribution in [0, 0.1) is 35.5 Å². The van der Waals surface area contributed by atoms with Gasteiger partial charge in [0.1, 0.15) is 5.92 Å². The molecule has 0 aromatic heterocycles. The predicted octanol–water partition coefficient (Wildman–Crippen LogP) is 4.01. The van der Waals surface area contributed by atoms with Crippen molar-refractivity contribution < 1.29 is 4.79 Å². The lowest BCUT2D eigenvalue weighted by Crippen LogP contribution is -2.15. The first-order chi connectivity index (χ1) is 10.7. The zero-order valence-electron chi connectivity index (χ0n) is 12.4.